The summed E-state index contributed by atoms with van der Waals surface area (Å²) in [6.45, 7) is 3.81. The molecular formula is C7H11NO3S. The third kappa shape index (κ3) is 2.22. The van der Waals surface area contributed by atoms with Crippen molar-refractivity contribution in [1.82, 2.24) is 0 Å². The zero-order valence-electron chi connectivity index (χ0n) is 6.94. The van der Waals surface area contributed by atoms with Gasteiger partial charge in [-0.1, -0.05) is 25.6 Å². The van der Waals surface area contributed by atoms with Crippen molar-refractivity contribution in [1.29, 1.82) is 0 Å². The third-order valence-corrected chi connectivity index (χ3v) is 2.29. The number of nitrogens with two attached hydrogens (primary N) is 1. The smallest absolute Gasteiger partial charge is 0.249 e. The summed E-state index contributed by atoms with van der Waals surface area (Å²) in [4.78, 5) is 21.7. The molecule has 1 rings (SSSR count). The van der Waals surface area contributed by atoms with E-state index in [0.29, 0.717) is 0 Å². The van der Waals surface area contributed by atoms with Gasteiger partial charge in [-0.05, 0) is 0 Å². The predicted octanol–water partition coefficient (Wildman–Crippen LogP) is -0.0927. The van der Waals surface area contributed by atoms with Gasteiger partial charge in [-0.2, -0.15) is 0 Å². The Kier molecular flexibility index (Phi) is 2.74. The Labute approximate surface area is 74.8 Å². The molecular weight excluding hydrogens is 178 g/mol. The van der Waals surface area contributed by atoms with E-state index < -0.39 is 18.1 Å². The lowest BCUT2D eigenvalue weighted by molar-refractivity contribution is -0.119. The second-order valence-electron chi connectivity index (χ2n) is 2.87. The topological polar surface area (TPSA) is 72.7 Å². The molecule has 1 aliphatic rings. The Bertz CT molecular complexity index is 217. The molecule has 12 heavy (non-hydrogen) atoms. The zero-order valence-corrected chi connectivity index (χ0v) is 7.76. The SMILES string of the molecule is CC(C)SC(=O)C1OC1C(N)=O. The monoisotopic (exact) mass is 189 g/mol. The van der Waals surface area contributed by atoms with Crippen LogP contribution in [0.4, 0.5) is 0 Å². The Hall–Kier alpha value is -0.550. The molecule has 1 fully saturated rings. The molecule has 1 amide bonds. The lowest BCUT2D eigenvalue weighted by atomic mass is 10.3. The van der Waals surface area contributed by atoms with E-state index in [2.05, 4.69) is 0 Å². The average Bonchev–Trinajstić information content (AvgIpc) is 2.61. The lowest BCUT2D eigenvalue weighted by Gasteiger charge is -1.98. The van der Waals surface area contributed by atoms with Gasteiger partial charge < -0.3 is 10.5 Å². The summed E-state index contributed by atoms with van der Waals surface area (Å²) in [5.74, 6) is -0.558. The van der Waals surface area contributed by atoms with Gasteiger partial charge in [0.2, 0.25) is 11.0 Å². The molecule has 0 aromatic rings. The first-order valence-corrected chi connectivity index (χ1v) is 4.55. The van der Waals surface area contributed by atoms with Crippen LogP contribution in [-0.2, 0) is 14.3 Å². The molecule has 0 bridgehead atoms. The fourth-order valence-electron chi connectivity index (χ4n) is 0.807. The van der Waals surface area contributed by atoms with E-state index >= 15 is 0 Å². The van der Waals surface area contributed by atoms with Crippen LogP contribution in [0.25, 0.3) is 0 Å². The van der Waals surface area contributed by atoms with Crippen molar-refractivity contribution in [3.63, 3.8) is 0 Å². The second-order valence-corrected chi connectivity index (χ2v) is 4.45. The summed E-state index contributed by atoms with van der Waals surface area (Å²) in [5.41, 5.74) is 4.93. The van der Waals surface area contributed by atoms with Crippen LogP contribution in [-0.4, -0.2) is 28.5 Å². The molecule has 0 spiro atoms. The Morgan fingerprint density at radius 1 is 1.42 bits per heavy atom. The normalized spacial score (nSPS) is 27.2. The largest absolute Gasteiger partial charge is 0.367 e. The molecule has 2 unspecified atom stereocenters. The number of thioether (sulfide) groups is 1. The molecule has 1 aliphatic heterocycles. The van der Waals surface area contributed by atoms with Crippen LogP contribution < -0.4 is 5.73 Å². The first-order chi connectivity index (χ1) is 5.52. The number of amides is 1. The van der Waals surface area contributed by atoms with Gasteiger partial charge in [0.05, 0.1) is 0 Å². The Morgan fingerprint density at radius 3 is 2.33 bits per heavy atom. The van der Waals surface area contributed by atoms with E-state index in [0.717, 1.165) is 0 Å². The van der Waals surface area contributed by atoms with E-state index in [1.54, 1.807) is 0 Å². The zero-order chi connectivity index (χ0) is 9.30. The number of hydrogen-bond acceptors (Lipinski definition) is 4. The average molecular weight is 189 g/mol. The van der Waals surface area contributed by atoms with Crippen molar-refractivity contribution in [2.24, 2.45) is 5.73 Å². The molecule has 4 nitrogen and oxygen atoms in total. The maximum atomic E-state index is 11.2. The summed E-state index contributed by atoms with van der Waals surface area (Å²) in [6, 6.07) is 0. The molecule has 1 saturated heterocycles. The van der Waals surface area contributed by atoms with Gasteiger partial charge >= 0.3 is 0 Å². The molecule has 2 atom stereocenters. The van der Waals surface area contributed by atoms with Crippen molar-refractivity contribution >= 4 is 22.8 Å². The van der Waals surface area contributed by atoms with E-state index in [1.165, 1.54) is 11.8 Å². The van der Waals surface area contributed by atoms with Crippen LogP contribution in [0.5, 0.6) is 0 Å². The quantitative estimate of drug-likeness (QED) is 0.629. The van der Waals surface area contributed by atoms with Crippen molar-refractivity contribution in [3.05, 3.63) is 0 Å². The van der Waals surface area contributed by atoms with Gasteiger partial charge in [-0.3, -0.25) is 9.59 Å². The Balaban J connectivity index is 2.33. The number of carbonyl (C=O) groups is 2. The van der Waals surface area contributed by atoms with Crippen LogP contribution >= 0.6 is 11.8 Å². The number of carbonyl (C=O) groups excluding carboxylic acids is 2. The van der Waals surface area contributed by atoms with Crippen LogP contribution in [0.2, 0.25) is 0 Å². The number of hydrogen-bond donors (Lipinski definition) is 1. The van der Waals surface area contributed by atoms with Gasteiger partial charge in [0, 0.05) is 5.25 Å². The molecule has 0 aromatic carbocycles. The summed E-state index contributed by atoms with van der Waals surface area (Å²) >= 11 is 1.17. The molecule has 0 aromatic heterocycles. The molecule has 0 radical (unpaired) electrons. The van der Waals surface area contributed by atoms with Crippen molar-refractivity contribution in [2.75, 3.05) is 0 Å². The standard InChI is InChI=1S/C7H11NO3S/c1-3(2)12-7(10)5-4(11-5)6(8)9/h3-5H,1-2H3,(H2,8,9). The van der Waals surface area contributed by atoms with Crippen LogP contribution in [0.15, 0.2) is 0 Å². The summed E-state index contributed by atoms with van der Waals surface area (Å²) in [7, 11) is 0. The summed E-state index contributed by atoms with van der Waals surface area (Å²) in [6.07, 6.45) is -1.27. The number of epoxide rings is 1. The van der Waals surface area contributed by atoms with Gasteiger partial charge in [0.1, 0.15) is 0 Å². The molecule has 0 aliphatic carbocycles. The van der Waals surface area contributed by atoms with Crippen molar-refractivity contribution in [2.45, 2.75) is 31.3 Å². The first-order valence-electron chi connectivity index (χ1n) is 3.67. The molecule has 1 heterocycles. The summed E-state index contributed by atoms with van der Waals surface area (Å²) in [5, 5.41) is 0.115. The minimum atomic E-state index is -0.677. The van der Waals surface area contributed by atoms with Crippen LogP contribution in [0.1, 0.15) is 13.8 Å². The number of rotatable bonds is 3. The van der Waals surface area contributed by atoms with Crippen LogP contribution in [0.3, 0.4) is 0 Å². The van der Waals surface area contributed by atoms with Gasteiger partial charge in [0.15, 0.2) is 12.2 Å². The maximum Gasteiger partial charge on any atom is 0.249 e. The van der Waals surface area contributed by atoms with E-state index in [-0.39, 0.29) is 10.4 Å². The molecule has 5 heteroatoms. The van der Waals surface area contributed by atoms with Crippen molar-refractivity contribution in [3.8, 4) is 0 Å². The van der Waals surface area contributed by atoms with E-state index in [4.69, 9.17) is 10.5 Å². The first kappa shape index (κ1) is 9.54. The fraction of sp³-hybridized carbons (Fsp3) is 0.714. The van der Waals surface area contributed by atoms with Crippen molar-refractivity contribution < 1.29 is 14.3 Å². The van der Waals surface area contributed by atoms with Crippen LogP contribution in [0, 0.1) is 0 Å². The number of primary amides is 1. The van der Waals surface area contributed by atoms with Gasteiger partial charge in [-0.25, -0.2) is 0 Å². The third-order valence-electron chi connectivity index (χ3n) is 1.36. The summed E-state index contributed by atoms with van der Waals surface area (Å²) < 4.78 is 4.80. The van der Waals surface area contributed by atoms with E-state index in [1.807, 2.05) is 13.8 Å². The molecule has 68 valence electrons. The predicted molar refractivity (Wildman–Crippen MR) is 45.6 cm³/mol. The highest BCUT2D eigenvalue weighted by Crippen LogP contribution is 2.28. The highest BCUT2D eigenvalue weighted by atomic mass is 32.2. The van der Waals surface area contributed by atoms with Gasteiger partial charge in [0.25, 0.3) is 0 Å². The van der Waals surface area contributed by atoms with Gasteiger partial charge in [-0.15, -0.1) is 0 Å². The van der Waals surface area contributed by atoms with E-state index in [9.17, 15) is 9.59 Å². The molecule has 2 N–H and O–H groups in total. The lowest BCUT2D eigenvalue weighted by Crippen LogP contribution is -2.22. The highest BCUT2D eigenvalue weighted by Gasteiger charge is 2.49. The minimum absolute atomic E-state index is 0.103. The second kappa shape index (κ2) is 3.45. The minimum Gasteiger partial charge on any atom is -0.367 e. The highest BCUT2D eigenvalue weighted by molar-refractivity contribution is 8.14. The fourth-order valence-corrected chi connectivity index (χ4v) is 1.59. The Morgan fingerprint density at radius 2 is 2.00 bits per heavy atom. The molecule has 0 saturated carbocycles. The maximum absolute atomic E-state index is 11.2. The number of ether oxygens (including phenoxy) is 1.